The van der Waals surface area contributed by atoms with E-state index in [0.29, 0.717) is 6.42 Å². The first-order valence-electron chi connectivity index (χ1n) is 10.5. The fourth-order valence-corrected chi connectivity index (χ4v) is 5.67. The number of carbonyl (C=O) groups excluding carboxylic acids is 1. The Hall–Kier alpha value is -2.75. The van der Waals surface area contributed by atoms with Gasteiger partial charge >= 0.3 is 0 Å². The predicted octanol–water partition coefficient (Wildman–Crippen LogP) is 8.69. The summed E-state index contributed by atoms with van der Waals surface area (Å²) < 4.78 is 3.65. The van der Waals surface area contributed by atoms with Gasteiger partial charge in [0.05, 0.1) is 0 Å². The van der Waals surface area contributed by atoms with E-state index in [-0.39, 0.29) is 5.78 Å². The molecule has 5 aromatic rings. The molecule has 5 rings (SSSR count). The molecule has 0 N–H and O–H groups in total. The van der Waals surface area contributed by atoms with Crippen molar-refractivity contribution in [2.24, 2.45) is 0 Å². The van der Waals surface area contributed by atoms with Crippen LogP contribution in [0.25, 0.3) is 31.3 Å². The third kappa shape index (κ3) is 4.08. The molecule has 0 spiro atoms. The van der Waals surface area contributed by atoms with E-state index in [1.807, 2.05) is 35.6 Å². The molecule has 0 bridgehead atoms. The van der Waals surface area contributed by atoms with Crippen LogP contribution >= 0.6 is 27.3 Å². The van der Waals surface area contributed by atoms with Crippen LogP contribution in [0.2, 0.25) is 0 Å². The lowest BCUT2D eigenvalue weighted by Gasteiger charge is -2.11. The van der Waals surface area contributed by atoms with Crippen molar-refractivity contribution in [2.75, 3.05) is 0 Å². The fourth-order valence-electron chi connectivity index (χ4n) is 4.18. The summed E-state index contributed by atoms with van der Waals surface area (Å²) in [6.07, 6.45) is 2.29. The second-order valence-corrected chi connectivity index (χ2v) is 9.69. The number of carbonyl (C=O) groups is 1. The lowest BCUT2D eigenvalue weighted by molar-refractivity contribution is 0.0980. The number of hydrogen-bond acceptors (Lipinski definition) is 2. The van der Waals surface area contributed by atoms with Gasteiger partial charge in [0.25, 0.3) is 0 Å². The minimum atomic E-state index is 0.205. The molecule has 0 aliphatic heterocycles. The van der Waals surface area contributed by atoms with Crippen LogP contribution in [-0.4, -0.2) is 5.78 Å². The second-order valence-electron chi connectivity index (χ2n) is 7.72. The summed E-state index contributed by atoms with van der Waals surface area (Å²) >= 11 is 5.29. The predicted molar refractivity (Wildman–Crippen MR) is 136 cm³/mol. The monoisotopic (exact) mass is 484 g/mol. The Bertz CT molecular complexity index is 1380. The van der Waals surface area contributed by atoms with E-state index in [2.05, 4.69) is 82.7 Å². The first-order chi connectivity index (χ1) is 15.2. The molecule has 1 heterocycles. The van der Waals surface area contributed by atoms with Gasteiger partial charge in [0.2, 0.25) is 0 Å². The van der Waals surface area contributed by atoms with Crippen LogP contribution < -0.4 is 0 Å². The molecule has 1 nitrogen and oxygen atoms in total. The lowest BCUT2D eigenvalue weighted by Crippen LogP contribution is -2.00. The Balaban J connectivity index is 1.42. The molecule has 0 radical (unpaired) electrons. The number of aryl methyl sites for hydroxylation is 1. The van der Waals surface area contributed by atoms with Crippen LogP contribution in [0.1, 0.15) is 28.8 Å². The molecule has 0 atom stereocenters. The van der Waals surface area contributed by atoms with Gasteiger partial charge in [0.1, 0.15) is 0 Å². The summed E-state index contributed by atoms with van der Waals surface area (Å²) in [5, 5.41) is 2.64. The Morgan fingerprint density at radius 3 is 2.32 bits per heavy atom. The average molecular weight is 485 g/mol. The zero-order valence-electron chi connectivity index (χ0n) is 17.0. The highest BCUT2D eigenvalue weighted by Crippen LogP contribution is 2.40. The second kappa shape index (κ2) is 8.78. The van der Waals surface area contributed by atoms with Gasteiger partial charge in [-0.1, -0.05) is 88.7 Å². The number of benzene rings is 4. The summed E-state index contributed by atoms with van der Waals surface area (Å²) in [6, 6.07) is 31.5. The van der Waals surface area contributed by atoms with Crippen LogP contribution in [0.15, 0.2) is 95.5 Å². The van der Waals surface area contributed by atoms with Crippen LogP contribution in [0, 0.1) is 0 Å². The highest BCUT2D eigenvalue weighted by molar-refractivity contribution is 9.10. The van der Waals surface area contributed by atoms with Crippen molar-refractivity contribution in [3.63, 3.8) is 0 Å². The van der Waals surface area contributed by atoms with E-state index in [1.165, 1.54) is 36.9 Å². The molecule has 3 heteroatoms. The fraction of sp³-hybridized carbons (Fsp3) is 0.107. The third-order valence-corrected chi connectivity index (χ3v) is 7.48. The quantitative estimate of drug-likeness (QED) is 0.220. The van der Waals surface area contributed by atoms with Crippen LogP contribution in [0.3, 0.4) is 0 Å². The highest BCUT2D eigenvalue weighted by Gasteiger charge is 2.13. The topological polar surface area (TPSA) is 17.1 Å². The molecule has 0 fully saturated rings. The van der Waals surface area contributed by atoms with Crippen molar-refractivity contribution in [1.82, 2.24) is 0 Å². The van der Waals surface area contributed by atoms with Crippen LogP contribution in [0.5, 0.6) is 0 Å². The molecule has 4 aromatic carbocycles. The van der Waals surface area contributed by atoms with Crippen molar-refractivity contribution < 1.29 is 4.79 Å². The van der Waals surface area contributed by atoms with E-state index in [9.17, 15) is 4.79 Å². The molecule has 31 heavy (non-hydrogen) atoms. The number of rotatable bonds is 6. The van der Waals surface area contributed by atoms with Gasteiger partial charge in [-0.25, -0.2) is 0 Å². The number of hydrogen-bond donors (Lipinski definition) is 0. The van der Waals surface area contributed by atoms with Gasteiger partial charge in [-0.2, -0.15) is 0 Å². The SMILES string of the molecule is O=C(CCCc1ccccc1-c1cccc2c1sc1ccccc12)c1ccc(Br)cc1. The molecular formula is C28H21BrOS. The minimum absolute atomic E-state index is 0.205. The summed E-state index contributed by atoms with van der Waals surface area (Å²) in [4.78, 5) is 12.6. The van der Waals surface area contributed by atoms with Gasteiger partial charge in [-0.3, -0.25) is 4.79 Å². The van der Waals surface area contributed by atoms with Crippen molar-refractivity contribution >= 4 is 53.2 Å². The number of thiophene rings is 1. The molecule has 152 valence electrons. The molecule has 0 saturated heterocycles. The standard InChI is InChI=1S/C28H21BrOS/c29-21-17-15-20(16-18-21)26(30)13-5-8-19-7-1-2-9-22(19)24-11-6-12-25-23-10-3-4-14-27(23)31-28(24)25/h1-4,6-7,9-12,14-18H,5,8,13H2. The smallest absolute Gasteiger partial charge is 0.162 e. The van der Waals surface area contributed by atoms with Crippen molar-refractivity contribution in [3.05, 3.63) is 107 Å². The summed E-state index contributed by atoms with van der Waals surface area (Å²) in [5.41, 5.74) is 4.65. The highest BCUT2D eigenvalue weighted by atomic mass is 79.9. The van der Waals surface area contributed by atoms with Crippen LogP contribution in [-0.2, 0) is 6.42 Å². The van der Waals surface area contributed by atoms with Crippen molar-refractivity contribution in [1.29, 1.82) is 0 Å². The van der Waals surface area contributed by atoms with Crippen LogP contribution in [0.4, 0.5) is 0 Å². The number of Topliss-reactive ketones (excluding diaryl/α,β-unsaturated/α-hetero) is 1. The molecule has 0 unspecified atom stereocenters. The first-order valence-corrected chi connectivity index (χ1v) is 12.1. The zero-order chi connectivity index (χ0) is 21.2. The van der Waals surface area contributed by atoms with Crippen molar-refractivity contribution in [3.8, 4) is 11.1 Å². The molecular weight excluding hydrogens is 464 g/mol. The normalized spacial score (nSPS) is 11.3. The Kier molecular flexibility index (Phi) is 5.71. The molecule has 0 saturated carbocycles. The molecule has 0 aliphatic rings. The van der Waals surface area contributed by atoms with E-state index in [0.717, 1.165) is 22.9 Å². The maximum atomic E-state index is 12.6. The number of fused-ring (bicyclic) bond motifs is 3. The number of halogens is 1. The Morgan fingerprint density at radius 1 is 0.742 bits per heavy atom. The Morgan fingerprint density at radius 2 is 1.45 bits per heavy atom. The summed E-state index contributed by atoms with van der Waals surface area (Å²) in [5.74, 6) is 0.205. The maximum Gasteiger partial charge on any atom is 0.162 e. The Labute approximate surface area is 194 Å². The van der Waals surface area contributed by atoms with Gasteiger partial charge in [0, 0.05) is 36.6 Å². The summed E-state index contributed by atoms with van der Waals surface area (Å²) in [6.45, 7) is 0. The van der Waals surface area contributed by atoms with Crippen molar-refractivity contribution in [2.45, 2.75) is 19.3 Å². The lowest BCUT2D eigenvalue weighted by atomic mass is 9.94. The molecule has 0 aliphatic carbocycles. The number of ketones is 1. The third-order valence-electron chi connectivity index (χ3n) is 5.73. The molecule has 1 aromatic heterocycles. The van der Waals surface area contributed by atoms with Gasteiger partial charge in [0.15, 0.2) is 5.78 Å². The van der Waals surface area contributed by atoms with E-state index in [1.54, 1.807) is 0 Å². The zero-order valence-corrected chi connectivity index (χ0v) is 19.4. The van der Waals surface area contributed by atoms with Gasteiger partial charge in [-0.15, -0.1) is 11.3 Å². The van der Waals surface area contributed by atoms with Gasteiger partial charge in [-0.05, 0) is 47.7 Å². The van der Waals surface area contributed by atoms with E-state index < -0.39 is 0 Å². The average Bonchev–Trinajstić information content (AvgIpc) is 3.19. The van der Waals surface area contributed by atoms with Gasteiger partial charge < -0.3 is 0 Å². The minimum Gasteiger partial charge on any atom is -0.294 e. The molecule has 0 amide bonds. The summed E-state index contributed by atoms with van der Waals surface area (Å²) in [7, 11) is 0. The maximum absolute atomic E-state index is 12.6. The first kappa shape index (κ1) is 20.2. The van der Waals surface area contributed by atoms with E-state index in [4.69, 9.17) is 0 Å². The largest absolute Gasteiger partial charge is 0.294 e. The van der Waals surface area contributed by atoms with E-state index >= 15 is 0 Å².